The third-order valence-corrected chi connectivity index (χ3v) is 11.0. The highest BCUT2D eigenvalue weighted by Gasteiger charge is 2.38. The number of hydrogen-bond donors (Lipinski definition) is 1. The van der Waals surface area contributed by atoms with Crippen LogP contribution in [0.5, 0.6) is 46.0 Å². The molecular formula is C50H16F16O6S. The zero-order valence-electron chi connectivity index (χ0n) is 35.1. The Hall–Kier alpha value is -8.67. The minimum atomic E-state index is -3.23. The third-order valence-electron chi connectivity index (χ3n) is 10.3. The van der Waals surface area contributed by atoms with Crippen molar-refractivity contribution in [2.45, 2.75) is 4.90 Å². The standard InChI is InChI=1S/C50H16F16O6S/c1-3-18-7-5-9-22(13-18)69-47-39(59)31(51)27(32(52)40(47)60)28-35(55)43(63)49(44(64)36(28)56)71-24-12-11-20-17-26(73(67)68)25(16-21(20)15-24)72-50-45(65)37(57)30(38(58)46(50)66)29-33(53)41(61)48(42(62)34(29)54)70-23-10-6-8-19(4-2)14-23/h1-2,5-17H,(H,67,68). The van der Waals surface area contributed by atoms with E-state index in [2.05, 4.69) is 11.8 Å². The summed E-state index contributed by atoms with van der Waals surface area (Å²) in [5, 5.41) is -0.623. The van der Waals surface area contributed by atoms with E-state index in [0.717, 1.165) is 36.4 Å². The summed E-state index contributed by atoms with van der Waals surface area (Å²) in [6.07, 6.45) is 10.5. The van der Waals surface area contributed by atoms with Crippen molar-refractivity contribution in [1.82, 2.24) is 0 Å². The first-order valence-corrected chi connectivity index (χ1v) is 20.7. The maximum atomic E-state index is 15.7. The van der Waals surface area contributed by atoms with Gasteiger partial charge in [-0.15, -0.1) is 12.8 Å². The molecule has 6 nitrogen and oxygen atoms in total. The molecule has 0 aliphatic heterocycles. The van der Waals surface area contributed by atoms with Crippen molar-refractivity contribution in [2.75, 3.05) is 0 Å². The second kappa shape index (κ2) is 19.5. The maximum absolute atomic E-state index is 15.7. The van der Waals surface area contributed by atoms with E-state index >= 15 is 70.2 Å². The number of rotatable bonds is 11. The van der Waals surface area contributed by atoms with Crippen molar-refractivity contribution >= 4 is 21.9 Å². The molecule has 8 rings (SSSR count). The molecule has 0 saturated heterocycles. The average Bonchev–Trinajstić information content (AvgIpc) is 3.38. The average molecular weight is 1050 g/mol. The minimum Gasteiger partial charge on any atom is -0.451 e. The van der Waals surface area contributed by atoms with E-state index in [-0.39, 0.29) is 16.5 Å². The highest BCUT2D eigenvalue weighted by molar-refractivity contribution is 7.79. The van der Waals surface area contributed by atoms with Crippen LogP contribution in [0.3, 0.4) is 0 Å². The molecule has 0 radical (unpaired) electrons. The van der Waals surface area contributed by atoms with Crippen LogP contribution in [0.1, 0.15) is 11.1 Å². The first-order chi connectivity index (χ1) is 34.6. The molecule has 0 aliphatic rings. The van der Waals surface area contributed by atoms with Crippen molar-refractivity contribution in [3.63, 3.8) is 0 Å². The molecule has 0 bridgehead atoms. The van der Waals surface area contributed by atoms with Crippen LogP contribution in [0.15, 0.2) is 83.8 Å². The molecular weight excluding hydrogens is 1030 g/mol. The molecule has 0 saturated carbocycles. The highest BCUT2D eigenvalue weighted by Crippen LogP contribution is 2.47. The summed E-state index contributed by atoms with van der Waals surface area (Å²) in [5.41, 5.74) is -9.11. The van der Waals surface area contributed by atoms with E-state index in [0.29, 0.717) is 18.2 Å². The Morgan fingerprint density at radius 3 is 1.00 bits per heavy atom. The normalized spacial score (nSPS) is 11.6. The summed E-state index contributed by atoms with van der Waals surface area (Å²) in [7, 11) is 0. The van der Waals surface area contributed by atoms with Gasteiger partial charge in [0.2, 0.25) is 69.5 Å². The number of ether oxygens (including phenoxy) is 4. The zero-order chi connectivity index (χ0) is 53.1. The van der Waals surface area contributed by atoms with Crippen molar-refractivity contribution in [3.05, 3.63) is 183 Å². The number of halogens is 16. The van der Waals surface area contributed by atoms with Gasteiger partial charge in [-0.3, -0.25) is 0 Å². The van der Waals surface area contributed by atoms with Crippen molar-refractivity contribution < 1.29 is 98.0 Å². The first kappa shape index (κ1) is 50.7. The Kier molecular flexibility index (Phi) is 13.5. The summed E-state index contributed by atoms with van der Waals surface area (Å²) in [5.74, 6) is -47.8. The van der Waals surface area contributed by atoms with Crippen LogP contribution in [0.2, 0.25) is 0 Å². The van der Waals surface area contributed by atoms with Crippen LogP contribution in [0, 0.1) is 118 Å². The number of fused-ring (bicyclic) bond motifs is 1. The molecule has 0 spiro atoms. The largest absolute Gasteiger partial charge is 0.451 e. The Bertz CT molecular complexity index is 3680. The second-order valence-corrected chi connectivity index (χ2v) is 15.6. The van der Waals surface area contributed by atoms with E-state index in [1.165, 1.54) is 24.3 Å². The van der Waals surface area contributed by atoms with Gasteiger partial charge in [0.05, 0.1) is 22.3 Å². The fraction of sp³-hybridized carbons (Fsp3) is 0. The van der Waals surface area contributed by atoms with Crippen molar-refractivity contribution in [1.29, 1.82) is 0 Å². The predicted molar refractivity (Wildman–Crippen MR) is 225 cm³/mol. The van der Waals surface area contributed by atoms with E-state index in [1.54, 1.807) is 0 Å². The van der Waals surface area contributed by atoms with E-state index in [9.17, 15) is 8.76 Å². The quantitative estimate of drug-likeness (QED) is 0.0602. The molecule has 370 valence electrons. The topological polar surface area (TPSA) is 74.2 Å². The second-order valence-electron chi connectivity index (χ2n) is 14.6. The zero-order valence-corrected chi connectivity index (χ0v) is 35.9. The van der Waals surface area contributed by atoms with Gasteiger partial charge in [0.1, 0.15) is 27.9 Å². The monoisotopic (exact) mass is 1050 g/mol. The van der Waals surface area contributed by atoms with Gasteiger partial charge in [-0.2, -0.15) is 35.1 Å². The Labute approximate surface area is 399 Å². The lowest BCUT2D eigenvalue weighted by Gasteiger charge is -2.17. The lowest BCUT2D eigenvalue weighted by molar-refractivity contribution is 0.357. The van der Waals surface area contributed by atoms with Gasteiger partial charge in [-0.25, -0.2) is 39.3 Å². The van der Waals surface area contributed by atoms with E-state index in [1.807, 2.05) is 0 Å². The summed E-state index contributed by atoms with van der Waals surface area (Å²) < 4.78 is 289. The highest BCUT2D eigenvalue weighted by atomic mass is 32.2. The Morgan fingerprint density at radius 1 is 0.370 bits per heavy atom. The van der Waals surface area contributed by atoms with Gasteiger partial charge in [-0.05, 0) is 71.4 Å². The number of benzene rings is 8. The SMILES string of the molecule is C#Cc1cccc(Oc2c(F)c(F)c(-c3c(F)c(F)c(Oc4ccc5cc(S(=O)O)c(Oc6c(F)c(F)c(-c7c(F)c(F)c(Oc8cccc(C#C)c8)c(F)c7F)c(F)c6F)cc5c4)c(F)c3F)c(F)c2F)c1. The van der Waals surface area contributed by atoms with Gasteiger partial charge in [-0.1, -0.05) is 30.0 Å². The molecule has 1 N–H and O–H groups in total. The van der Waals surface area contributed by atoms with Gasteiger partial charge in [0.15, 0.2) is 57.6 Å². The van der Waals surface area contributed by atoms with Crippen LogP contribution in [-0.4, -0.2) is 8.76 Å². The smallest absolute Gasteiger partial charge is 0.205 e. The van der Waals surface area contributed by atoms with Gasteiger partial charge >= 0.3 is 0 Å². The van der Waals surface area contributed by atoms with Gasteiger partial charge in [0, 0.05) is 11.1 Å². The molecule has 0 aliphatic carbocycles. The summed E-state index contributed by atoms with van der Waals surface area (Å²) in [6, 6.07) is 12.8. The van der Waals surface area contributed by atoms with Crippen LogP contribution in [0.4, 0.5) is 70.2 Å². The maximum Gasteiger partial charge on any atom is 0.205 e. The van der Waals surface area contributed by atoms with Crippen LogP contribution >= 0.6 is 0 Å². The lowest BCUT2D eigenvalue weighted by Crippen LogP contribution is -2.09. The molecule has 0 fully saturated rings. The molecule has 8 aromatic rings. The van der Waals surface area contributed by atoms with Crippen LogP contribution in [-0.2, 0) is 11.1 Å². The van der Waals surface area contributed by atoms with E-state index in [4.69, 9.17) is 31.8 Å². The molecule has 8 aromatic carbocycles. The first-order valence-electron chi connectivity index (χ1n) is 19.6. The van der Waals surface area contributed by atoms with Gasteiger partial charge in [0.25, 0.3) is 0 Å². The molecule has 0 aromatic heterocycles. The van der Waals surface area contributed by atoms with Crippen molar-refractivity contribution in [2.24, 2.45) is 0 Å². The summed E-state index contributed by atoms with van der Waals surface area (Å²) in [6.45, 7) is 0. The molecule has 0 heterocycles. The molecule has 0 amide bonds. The number of terminal acetylenes is 2. The fourth-order valence-electron chi connectivity index (χ4n) is 6.96. The third kappa shape index (κ3) is 8.82. The fourth-order valence-corrected chi connectivity index (χ4v) is 7.46. The van der Waals surface area contributed by atoms with Crippen molar-refractivity contribution in [3.8, 4) is 92.9 Å². The molecule has 23 heteroatoms. The molecule has 73 heavy (non-hydrogen) atoms. The lowest BCUT2D eigenvalue weighted by atomic mass is 10.0. The minimum absolute atomic E-state index is 0.0644. The Balaban J connectivity index is 1.14. The Morgan fingerprint density at radius 2 is 0.685 bits per heavy atom. The van der Waals surface area contributed by atoms with Gasteiger partial charge < -0.3 is 23.5 Å². The van der Waals surface area contributed by atoms with Crippen LogP contribution < -0.4 is 18.9 Å². The molecule has 1 atom stereocenters. The van der Waals surface area contributed by atoms with E-state index < -0.39 is 183 Å². The summed E-state index contributed by atoms with van der Waals surface area (Å²) >= 11 is -3.23. The number of hydrogen-bond acceptors (Lipinski definition) is 5. The predicted octanol–water partition coefficient (Wildman–Crippen LogP) is 15.1. The molecule has 1 unspecified atom stereocenters. The van der Waals surface area contributed by atoms with Crippen LogP contribution in [0.25, 0.3) is 33.0 Å². The summed E-state index contributed by atoms with van der Waals surface area (Å²) in [4.78, 5) is -0.948.